The number of carbonyl (C=O) groups is 1. The number of nitrogen functional groups attached to an aromatic ring is 1. The Morgan fingerprint density at radius 3 is 2.71 bits per heavy atom. The summed E-state index contributed by atoms with van der Waals surface area (Å²) in [5.74, 6) is 1.12. The van der Waals surface area contributed by atoms with Crippen molar-refractivity contribution in [1.82, 2.24) is 14.9 Å². The first-order valence-corrected chi connectivity index (χ1v) is 7.71. The van der Waals surface area contributed by atoms with Crippen LogP contribution in [0.1, 0.15) is 20.8 Å². The van der Waals surface area contributed by atoms with Crippen LogP contribution in [0, 0.1) is 0 Å². The lowest BCUT2D eigenvalue weighted by Crippen LogP contribution is -2.47. The summed E-state index contributed by atoms with van der Waals surface area (Å²) in [6, 6.07) is 9.17. The largest absolute Gasteiger partial charge is 0.465 e. The van der Waals surface area contributed by atoms with E-state index in [1.54, 1.807) is 12.3 Å². The number of nitrogens with one attached hydrogen (secondary N) is 1. The number of carboxylic acid groups (broad SMARTS) is 1. The Morgan fingerprint density at radius 1 is 1.33 bits per heavy atom. The van der Waals surface area contributed by atoms with Crippen molar-refractivity contribution in [3.05, 3.63) is 36.5 Å². The summed E-state index contributed by atoms with van der Waals surface area (Å²) in [5, 5.41) is 12.4. The third kappa shape index (κ3) is 4.58. The average Bonchev–Trinajstić information content (AvgIpc) is 2.50. The molecule has 1 amide bonds. The van der Waals surface area contributed by atoms with Crippen LogP contribution >= 0.6 is 0 Å². The molecule has 2 aromatic rings. The molecule has 2 rings (SSSR count). The highest BCUT2D eigenvalue weighted by molar-refractivity contribution is 5.66. The molecule has 2 aromatic heterocycles. The van der Waals surface area contributed by atoms with Gasteiger partial charge < -0.3 is 21.1 Å². The maximum absolute atomic E-state index is 11.3. The van der Waals surface area contributed by atoms with E-state index in [9.17, 15) is 9.90 Å². The fourth-order valence-electron chi connectivity index (χ4n) is 2.31. The van der Waals surface area contributed by atoms with Crippen LogP contribution in [0.15, 0.2) is 36.5 Å². The van der Waals surface area contributed by atoms with Crippen LogP contribution in [-0.4, -0.2) is 44.7 Å². The Labute approximate surface area is 141 Å². The Kier molecular flexibility index (Phi) is 5.23. The van der Waals surface area contributed by atoms with Crippen LogP contribution in [0.5, 0.6) is 0 Å². The van der Waals surface area contributed by atoms with Gasteiger partial charge in [-0.25, -0.2) is 14.8 Å². The molecule has 0 atom stereocenters. The van der Waals surface area contributed by atoms with E-state index in [4.69, 9.17) is 5.73 Å². The SMILES string of the molecule is CC(C)(C)N(CCNc1cc(-c2cccc(N)n2)ccn1)C(=O)O. The fraction of sp³-hybridized carbons (Fsp3) is 0.353. The van der Waals surface area contributed by atoms with Crippen LogP contribution in [0.25, 0.3) is 11.3 Å². The minimum absolute atomic E-state index is 0.362. The van der Waals surface area contributed by atoms with E-state index in [0.29, 0.717) is 24.7 Å². The highest BCUT2D eigenvalue weighted by Gasteiger charge is 2.25. The first kappa shape index (κ1) is 17.5. The molecule has 4 N–H and O–H groups in total. The van der Waals surface area contributed by atoms with Gasteiger partial charge in [0.05, 0.1) is 5.69 Å². The highest BCUT2D eigenvalue weighted by Crippen LogP contribution is 2.20. The van der Waals surface area contributed by atoms with Gasteiger partial charge in [0, 0.05) is 30.4 Å². The summed E-state index contributed by atoms with van der Waals surface area (Å²) in [4.78, 5) is 21.3. The monoisotopic (exact) mass is 329 g/mol. The molecule has 0 saturated heterocycles. The van der Waals surface area contributed by atoms with E-state index in [1.807, 2.05) is 45.0 Å². The zero-order valence-corrected chi connectivity index (χ0v) is 14.2. The Hall–Kier alpha value is -2.83. The van der Waals surface area contributed by atoms with Gasteiger partial charge in [0.15, 0.2) is 0 Å². The molecule has 0 unspecified atom stereocenters. The van der Waals surface area contributed by atoms with Gasteiger partial charge in [-0.1, -0.05) is 6.07 Å². The molecule has 7 nitrogen and oxygen atoms in total. The van der Waals surface area contributed by atoms with Crippen molar-refractivity contribution < 1.29 is 9.90 Å². The Bertz CT molecular complexity index is 712. The van der Waals surface area contributed by atoms with Gasteiger partial charge in [0.2, 0.25) is 0 Å². The third-order valence-electron chi connectivity index (χ3n) is 3.51. The molecule has 0 radical (unpaired) electrons. The Morgan fingerprint density at radius 2 is 2.08 bits per heavy atom. The standard InChI is InChI=1S/C17H23N5O2/c1-17(2,3)22(16(23)24)10-9-20-15-11-12(7-8-19-15)13-5-4-6-14(18)21-13/h4-8,11H,9-10H2,1-3H3,(H2,18,21)(H,19,20)(H,23,24). The highest BCUT2D eigenvalue weighted by atomic mass is 16.4. The molecule has 0 aliphatic carbocycles. The van der Waals surface area contributed by atoms with Crippen LogP contribution in [0.2, 0.25) is 0 Å². The molecule has 0 aliphatic rings. The molecular formula is C17H23N5O2. The van der Waals surface area contributed by atoms with Gasteiger partial charge >= 0.3 is 6.09 Å². The minimum atomic E-state index is -0.935. The number of amides is 1. The normalized spacial score (nSPS) is 11.1. The van der Waals surface area contributed by atoms with E-state index in [2.05, 4.69) is 15.3 Å². The summed E-state index contributed by atoms with van der Waals surface area (Å²) in [5.41, 5.74) is 6.92. The van der Waals surface area contributed by atoms with Crippen molar-refractivity contribution in [1.29, 1.82) is 0 Å². The van der Waals surface area contributed by atoms with E-state index in [0.717, 1.165) is 11.3 Å². The van der Waals surface area contributed by atoms with Crippen molar-refractivity contribution >= 4 is 17.7 Å². The van der Waals surface area contributed by atoms with Crippen LogP contribution in [0.4, 0.5) is 16.4 Å². The van der Waals surface area contributed by atoms with Gasteiger partial charge in [0.25, 0.3) is 0 Å². The molecule has 24 heavy (non-hydrogen) atoms. The lowest BCUT2D eigenvalue weighted by Gasteiger charge is -2.33. The molecule has 0 saturated carbocycles. The summed E-state index contributed by atoms with van der Waals surface area (Å²) < 4.78 is 0. The molecule has 0 aliphatic heterocycles. The maximum atomic E-state index is 11.3. The second-order valence-electron chi connectivity index (χ2n) is 6.41. The molecule has 0 spiro atoms. The van der Waals surface area contributed by atoms with Gasteiger partial charge in [-0.05, 0) is 45.0 Å². The number of nitrogens with two attached hydrogens (primary N) is 1. The Balaban J connectivity index is 2.04. The summed E-state index contributed by atoms with van der Waals surface area (Å²) >= 11 is 0. The minimum Gasteiger partial charge on any atom is -0.465 e. The summed E-state index contributed by atoms with van der Waals surface area (Å²) in [6.45, 7) is 6.42. The lowest BCUT2D eigenvalue weighted by molar-refractivity contribution is 0.103. The van der Waals surface area contributed by atoms with Crippen LogP contribution in [-0.2, 0) is 0 Å². The van der Waals surface area contributed by atoms with Crippen molar-refractivity contribution in [2.45, 2.75) is 26.3 Å². The van der Waals surface area contributed by atoms with Crippen molar-refractivity contribution in [3.63, 3.8) is 0 Å². The zero-order valence-electron chi connectivity index (χ0n) is 14.2. The van der Waals surface area contributed by atoms with E-state index >= 15 is 0 Å². The third-order valence-corrected chi connectivity index (χ3v) is 3.51. The first-order chi connectivity index (χ1) is 11.3. The molecule has 0 bridgehead atoms. The van der Waals surface area contributed by atoms with E-state index in [-0.39, 0.29) is 0 Å². The number of hydrogen-bond donors (Lipinski definition) is 3. The second kappa shape index (κ2) is 7.16. The molecule has 128 valence electrons. The van der Waals surface area contributed by atoms with Gasteiger partial charge in [-0.15, -0.1) is 0 Å². The first-order valence-electron chi connectivity index (χ1n) is 7.71. The smallest absolute Gasteiger partial charge is 0.407 e. The molecule has 2 heterocycles. The number of anilines is 2. The molecule has 7 heteroatoms. The van der Waals surface area contributed by atoms with E-state index in [1.165, 1.54) is 4.90 Å². The number of hydrogen-bond acceptors (Lipinski definition) is 5. The van der Waals surface area contributed by atoms with Gasteiger partial charge in [0.1, 0.15) is 11.6 Å². The molecular weight excluding hydrogens is 306 g/mol. The average molecular weight is 329 g/mol. The quantitative estimate of drug-likeness (QED) is 0.779. The van der Waals surface area contributed by atoms with Crippen molar-refractivity contribution in [2.75, 3.05) is 24.1 Å². The predicted molar refractivity (Wildman–Crippen MR) is 94.9 cm³/mol. The fourth-order valence-corrected chi connectivity index (χ4v) is 2.31. The number of rotatable bonds is 5. The molecule has 0 aromatic carbocycles. The number of nitrogens with zero attached hydrogens (tertiary/aromatic N) is 3. The zero-order chi connectivity index (χ0) is 17.7. The topological polar surface area (TPSA) is 104 Å². The second-order valence-corrected chi connectivity index (χ2v) is 6.41. The van der Waals surface area contributed by atoms with Crippen molar-refractivity contribution in [3.8, 4) is 11.3 Å². The molecule has 0 fully saturated rings. The predicted octanol–water partition coefficient (Wildman–Crippen LogP) is 2.92. The summed E-state index contributed by atoms with van der Waals surface area (Å²) in [6.07, 6.45) is 0.747. The van der Waals surface area contributed by atoms with E-state index < -0.39 is 11.6 Å². The van der Waals surface area contributed by atoms with Crippen LogP contribution < -0.4 is 11.1 Å². The lowest BCUT2D eigenvalue weighted by atomic mass is 10.1. The van der Waals surface area contributed by atoms with Crippen LogP contribution in [0.3, 0.4) is 0 Å². The summed E-state index contributed by atoms with van der Waals surface area (Å²) in [7, 11) is 0. The maximum Gasteiger partial charge on any atom is 0.407 e. The number of aromatic nitrogens is 2. The number of pyridine rings is 2. The van der Waals surface area contributed by atoms with Crippen molar-refractivity contribution in [2.24, 2.45) is 0 Å². The van der Waals surface area contributed by atoms with Gasteiger partial charge in [-0.3, -0.25) is 0 Å². The van der Waals surface area contributed by atoms with Gasteiger partial charge in [-0.2, -0.15) is 0 Å².